The van der Waals surface area contributed by atoms with Crippen LogP contribution in [0.15, 0.2) is 53.0 Å². The molecule has 1 aromatic heterocycles. The fourth-order valence-corrected chi connectivity index (χ4v) is 2.44. The average Bonchev–Trinajstić information content (AvgIpc) is 3.05. The van der Waals surface area contributed by atoms with Gasteiger partial charge in [0.1, 0.15) is 6.54 Å². The Kier molecular flexibility index (Phi) is 5.00. The molecule has 0 aliphatic heterocycles. The molecule has 0 radical (unpaired) electrons. The van der Waals surface area contributed by atoms with E-state index in [0.717, 1.165) is 22.1 Å². The molecular weight excluding hydrogens is 370 g/mol. The molecule has 1 N–H and O–H groups in total. The lowest BCUT2D eigenvalue weighted by Crippen LogP contribution is -2.20. The first-order valence-corrected chi connectivity index (χ1v) is 8.36. The molecule has 7 heteroatoms. The van der Waals surface area contributed by atoms with Crippen molar-refractivity contribution in [2.45, 2.75) is 19.9 Å². The highest BCUT2D eigenvalue weighted by Crippen LogP contribution is 2.15. The van der Waals surface area contributed by atoms with Crippen molar-refractivity contribution in [1.82, 2.24) is 20.2 Å². The van der Waals surface area contributed by atoms with Gasteiger partial charge in [0.15, 0.2) is 0 Å². The zero-order valence-corrected chi connectivity index (χ0v) is 14.7. The lowest BCUT2D eigenvalue weighted by Gasteiger charge is -2.04. The topological polar surface area (TPSA) is 72.7 Å². The largest absolute Gasteiger partial charge is 0.324 e. The summed E-state index contributed by atoms with van der Waals surface area (Å²) in [6, 6.07) is 15.4. The molecule has 2 aromatic carbocycles. The van der Waals surface area contributed by atoms with E-state index in [0.29, 0.717) is 5.82 Å². The number of carbonyl (C=O) groups excluding carboxylic acids is 1. The van der Waals surface area contributed by atoms with Gasteiger partial charge in [0.2, 0.25) is 11.7 Å². The molecular formula is C17H16BrN5O. The van der Waals surface area contributed by atoms with E-state index < -0.39 is 0 Å². The van der Waals surface area contributed by atoms with Crippen molar-refractivity contribution in [1.29, 1.82) is 0 Å². The van der Waals surface area contributed by atoms with Gasteiger partial charge in [0.05, 0.1) is 0 Å². The molecule has 3 rings (SSSR count). The first-order chi connectivity index (χ1) is 11.6. The van der Waals surface area contributed by atoms with Crippen molar-refractivity contribution in [3.8, 4) is 11.4 Å². The van der Waals surface area contributed by atoms with Crippen molar-refractivity contribution in [2.24, 2.45) is 0 Å². The Balaban J connectivity index is 1.64. The molecule has 122 valence electrons. The molecule has 0 aliphatic carbocycles. The van der Waals surface area contributed by atoms with E-state index in [1.54, 1.807) is 0 Å². The van der Waals surface area contributed by atoms with Gasteiger partial charge in [0.25, 0.3) is 0 Å². The summed E-state index contributed by atoms with van der Waals surface area (Å²) in [4.78, 5) is 13.3. The first kappa shape index (κ1) is 16.3. The number of benzene rings is 2. The molecule has 24 heavy (non-hydrogen) atoms. The second-order valence-electron chi connectivity index (χ2n) is 5.25. The Morgan fingerprint density at radius 1 is 1.12 bits per heavy atom. The zero-order chi connectivity index (χ0) is 16.9. The molecule has 0 saturated carbocycles. The highest BCUT2D eigenvalue weighted by atomic mass is 79.9. The van der Waals surface area contributed by atoms with Crippen LogP contribution in [0, 0.1) is 0 Å². The standard InChI is InChI=1S/C17H16BrN5O/c1-2-12-3-5-13(6-4-12)17-20-22-23(21-17)11-16(24)19-15-9-7-14(18)8-10-15/h3-10H,2,11H2,1H3,(H,19,24). The zero-order valence-electron chi connectivity index (χ0n) is 13.1. The summed E-state index contributed by atoms with van der Waals surface area (Å²) >= 11 is 3.35. The van der Waals surface area contributed by atoms with Crippen LogP contribution in [-0.4, -0.2) is 26.1 Å². The summed E-state index contributed by atoms with van der Waals surface area (Å²) < 4.78 is 0.956. The Morgan fingerprint density at radius 2 is 1.83 bits per heavy atom. The second kappa shape index (κ2) is 7.35. The normalized spacial score (nSPS) is 10.6. The van der Waals surface area contributed by atoms with Gasteiger partial charge in [-0.1, -0.05) is 47.1 Å². The molecule has 6 nitrogen and oxygen atoms in total. The SMILES string of the molecule is CCc1ccc(-c2nnn(CC(=O)Nc3ccc(Br)cc3)n2)cc1. The molecule has 1 amide bonds. The molecule has 0 spiro atoms. The molecule has 3 aromatic rings. The van der Waals surface area contributed by atoms with Crippen molar-refractivity contribution in [3.05, 3.63) is 58.6 Å². The highest BCUT2D eigenvalue weighted by Gasteiger charge is 2.09. The molecule has 0 aliphatic rings. The van der Waals surface area contributed by atoms with Crippen LogP contribution >= 0.6 is 15.9 Å². The number of aromatic nitrogens is 4. The van der Waals surface area contributed by atoms with Crippen molar-refractivity contribution in [3.63, 3.8) is 0 Å². The van der Waals surface area contributed by atoms with Crippen LogP contribution in [0.1, 0.15) is 12.5 Å². The first-order valence-electron chi connectivity index (χ1n) is 7.56. The summed E-state index contributed by atoms with van der Waals surface area (Å²) in [5.74, 6) is 0.302. The third kappa shape index (κ3) is 4.05. The van der Waals surface area contributed by atoms with Crippen LogP contribution in [-0.2, 0) is 17.8 Å². The van der Waals surface area contributed by atoms with E-state index >= 15 is 0 Å². The van der Waals surface area contributed by atoms with Gasteiger partial charge in [-0.25, -0.2) is 0 Å². The number of tetrazole rings is 1. The van der Waals surface area contributed by atoms with Crippen molar-refractivity contribution in [2.75, 3.05) is 5.32 Å². The molecule has 1 heterocycles. The maximum Gasteiger partial charge on any atom is 0.248 e. The minimum Gasteiger partial charge on any atom is -0.324 e. The number of nitrogens with one attached hydrogen (secondary N) is 1. The summed E-state index contributed by atoms with van der Waals surface area (Å²) in [5, 5.41) is 15.0. The van der Waals surface area contributed by atoms with E-state index in [1.165, 1.54) is 10.4 Å². The molecule has 0 fully saturated rings. The van der Waals surface area contributed by atoms with Gasteiger partial charge in [-0.3, -0.25) is 4.79 Å². The maximum atomic E-state index is 12.0. The van der Waals surface area contributed by atoms with Gasteiger partial charge < -0.3 is 5.32 Å². The molecule has 0 atom stereocenters. The van der Waals surface area contributed by atoms with Gasteiger partial charge in [-0.15, -0.1) is 10.2 Å². The maximum absolute atomic E-state index is 12.0. The quantitative estimate of drug-likeness (QED) is 0.730. The van der Waals surface area contributed by atoms with Gasteiger partial charge in [-0.2, -0.15) is 4.80 Å². The minimum absolute atomic E-state index is 0.0100. The number of amides is 1. The fraction of sp³-hybridized carbons (Fsp3) is 0.176. The molecule has 0 bridgehead atoms. The average molecular weight is 386 g/mol. The third-order valence-corrected chi connectivity index (χ3v) is 4.01. The summed E-state index contributed by atoms with van der Waals surface area (Å²) in [6.07, 6.45) is 0.983. The van der Waals surface area contributed by atoms with Gasteiger partial charge in [0, 0.05) is 15.7 Å². The smallest absolute Gasteiger partial charge is 0.248 e. The Labute approximate surface area is 148 Å². The Hall–Kier alpha value is -2.54. The summed E-state index contributed by atoms with van der Waals surface area (Å²) in [7, 11) is 0. The number of aryl methyl sites for hydroxylation is 1. The molecule has 0 saturated heterocycles. The van der Waals surface area contributed by atoms with E-state index in [2.05, 4.69) is 43.6 Å². The summed E-state index contributed by atoms with van der Waals surface area (Å²) in [6.45, 7) is 2.11. The second-order valence-corrected chi connectivity index (χ2v) is 6.16. The number of halogens is 1. The Bertz CT molecular complexity index is 827. The third-order valence-electron chi connectivity index (χ3n) is 3.49. The van der Waals surface area contributed by atoms with Gasteiger partial charge in [-0.05, 0) is 41.5 Å². The van der Waals surface area contributed by atoms with Crippen LogP contribution in [0.5, 0.6) is 0 Å². The van der Waals surface area contributed by atoms with Crippen LogP contribution < -0.4 is 5.32 Å². The lowest BCUT2D eigenvalue weighted by molar-refractivity contribution is -0.117. The van der Waals surface area contributed by atoms with Crippen molar-refractivity contribution >= 4 is 27.5 Å². The van der Waals surface area contributed by atoms with Crippen molar-refractivity contribution < 1.29 is 4.79 Å². The van der Waals surface area contributed by atoms with Gasteiger partial charge >= 0.3 is 0 Å². The van der Waals surface area contributed by atoms with Crippen LogP contribution in [0.4, 0.5) is 5.69 Å². The highest BCUT2D eigenvalue weighted by molar-refractivity contribution is 9.10. The van der Waals surface area contributed by atoms with Crippen LogP contribution in [0.3, 0.4) is 0 Å². The minimum atomic E-state index is -0.206. The number of rotatable bonds is 5. The Morgan fingerprint density at radius 3 is 2.50 bits per heavy atom. The number of carbonyl (C=O) groups is 1. The monoisotopic (exact) mass is 385 g/mol. The number of hydrogen-bond donors (Lipinski definition) is 1. The van der Waals surface area contributed by atoms with Crippen LogP contribution in [0.25, 0.3) is 11.4 Å². The van der Waals surface area contributed by atoms with E-state index in [4.69, 9.17) is 0 Å². The lowest BCUT2D eigenvalue weighted by atomic mass is 10.1. The number of anilines is 1. The predicted molar refractivity (Wildman–Crippen MR) is 95.4 cm³/mol. The predicted octanol–water partition coefficient (Wildman–Crippen LogP) is 3.30. The molecule has 0 unspecified atom stereocenters. The van der Waals surface area contributed by atoms with Crippen LogP contribution in [0.2, 0.25) is 0 Å². The van der Waals surface area contributed by atoms with E-state index in [1.807, 2.05) is 48.5 Å². The number of nitrogens with zero attached hydrogens (tertiary/aromatic N) is 4. The fourth-order valence-electron chi connectivity index (χ4n) is 2.18. The summed E-state index contributed by atoms with van der Waals surface area (Å²) in [5.41, 5.74) is 2.85. The van der Waals surface area contributed by atoms with E-state index in [-0.39, 0.29) is 12.5 Å². The van der Waals surface area contributed by atoms with E-state index in [9.17, 15) is 4.79 Å². The number of hydrogen-bond acceptors (Lipinski definition) is 4.